The first-order chi connectivity index (χ1) is 23.5. The molecule has 1 spiro atoms. The number of hydrogen-bond acceptors (Lipinski definition) is 6. The van der Waals surface area contributed by atoms with Crippen molar-refractivity contribution in [3.05, 3.63) is 57.9 Å². The zero-order valence-corrected chi connectivity index (χ0v) is 28.8. The van der Waals surface area contributed by atoms with E-state index in [-0.39, 0.29) is 42.0 Å². The van der Waals surface area contributed by atoms with Crippen molar-refractivity contribution in [3.8, 4) is 0 Å². The van der Waals surface area contributed by atoms with Crippen LogP contribution < -0.4 is 21.3 Å². The van der Waals surface area contributed by atoms with Crippen molar-refractivity contribution < 1.29 is 37.0 Å². The fourth-order valence-electron chi connectivity index (χ4n) is 9.07. The molecule has 1 saturated carbocycles. The van der Waals surface area contributed by atoms with E-state index in [9.17, 15) is 23.2 Å². The zero-order valence-electron chi connectivity index (χ0n) is 27.3. The number of ether oxygens (including phenoxy) is 2. The Kier molecular flexibility index (Phi) is 10.7. The van der Waals surface area contributed by atoms with Gasteiger partial charge in [-0.1, -0.05) is 48.3 Å². The molecule has 4 N–H and O–H groups in total. The van der Waals surface area contributed by atoms with Gasteiger partial charge in [0.25, 0.3) is 0 Å². The standard InChI is InChI=1S/C35H43Cl2F3N4O5/c1-33(24-7-5-20(36)13-26(24)41-19-45)28(23-3-2-4-25(37)29(23)40)30(44-35(33)15-34(16-35,17-38)18-39)32(47)43-22-6-8-27(49-14-22)31(46)42-21-9-11-48-12-10-21/h2-5,7,13,19,21-22,24,26-28,30,44H,6,8-12,14-18H2,1H3,(H,41,45)(H,42,46)(H,43,47)/t22-,24?,26?,27+,28+,30-,33-/m1/s1. The van der Waals surface area contributed by atoms with E-state index >= 15 is 4.39 Å². The average Bonchev–Trinajstić information content (AvgIpc) is 3.35. The summed E-state index contributed by atoms with van der Waals surface area (Å²) in [6, 6.07) is 2.47. The summed E-state index contributed by atoms with van der Waals surface area (Å²) in [5.74, 6) is -2.81. The SMILES string of the molecule is C[C@@]1(C2C=CC(Cl)=CC2NC=O)[C@@H](c2cccc(Cl)c2F)[C@H](C(=O)N[C@@H]2CC[C@@H](C(=O)NC3CCOCC3)OC2)NC12CC(CF)(CF)C2. The van der Waals surface area contributed by atoms with Crippen LogP contribution in [-0.2, 0) is 23.9 Å². The van der Waals surface area contributed by atoms with E-state index in [1.54, 1.807) is 24.3 Å². The number of hydrogen-bond donors (Lipinski definition) is 4. The van der Waals surface area contributed by atoms with E-state index in [0.717, 1.165) is 12.8 Å². The smallest absolute Gasteiger partial charge is 0.249 e. The van der Waals surface area contributed by atoms with Crippen LogP contribution in [0.5, 0.6) is 0 Å². The molecule has 49 heavy (non-hydrogen) atoms. The van der Waals surface area contributed by atoms with Gasteiger partial charge in [-0.25, -0.2) is 4.39 Å². The van der Waals surface area contributed by atoms with Gasteiger partial charge in [0.1, 0.15) is 11.9 Å². The van der Waals surface area contributed by atoms with Crippen LogP contribution in [0.15, 0.2) is 41.5 Å². The van der Waals surface area contributed by atoms with Crippen molar-refractivity contribution in [2.45, 2.75) is 87.2 Å². The van der Waals surface area contributed by atoms with Crippen LogP contribution in [-0.4, -0.2) is 87.2 Å². The van der Waals surface area contributed by atoms with Gasteiger partial charge in [0.15, 0.2) is 0 Å². The van der Waals surface area contributed by atoms with Gasteiger partial charge in [0.05, 0.1) is 43.1 Å². The summed E-state index contributed by atoms with van der Waals surface area (Å²) in [5, 5.41) is 12.6. The first-order valence-corrected chi connectivity index (χ1v) is 17.6. The molecular weight excluding hydrogens is 684 g/mol. The van der Waals surface area contributed by atoms with Gasteiger partial charge < -0.3 is 25.4 Å². The molecule has 9 nitrogen and oxygen atoms in total. The summed E-state index contributed by atoms with van der Waals surface area (Å²) in [6.45, 7) is 1.36. The number of allylic oxidation sites excluding steroid dienone is 2. The number of alkyl halides is 2. The van der Waals surface area contributed by atoms with Crippen LogP contribution in [0.3, 0.4) is 0 Å². The lowest BCUT2D eigenvalue weighted by Crippen LogP contribution is -2.69. The Hall–Kier alpha value is -2.64. The lowest BCUT2D eigenvalue weighted by molar-refractivity contribution is -0.138. The molecule has 1 aromatic rings. The molecule has 2 aliphatic carbocycles. The molecule has 5 aliphatic rings. The quantitative estimate of drug-likeness (QED) is 0.266. The second-order valence-electron chi connectivity index (χ2n) is 14.5. The number of halogens is 5. The molecule has 3 aliphatic heterocycles. The Balaban J connectivity index is 1.30. The van der Waals surface area contributed by atoms with Crippen molar-refractivity contribution in [1.29, 1.82) is 0 Å². The second kappa shape index (κ2) is 14.5. The Morgan fingerprint density at radius 1 is 1.04 bits per heavy atom. The van der Waals surface area contributed by atoms with E-state index in [2.05, 4.69) is 21.3 Å². The van der Waals surface area contributed by atoms with Crippen molar-refractivity contribution >= 4 is 41.4 Å². The van der Waals surface area contributed by atoms with Crippen LogP contribution in [0.25, 0.3) is 0 Å². The maximum absolute atomic E-state index is 16.1. The average molecular weight is 728 g/mol. The molecule has 3 amide bonds. The monoisotopic (exact) mass is 726 g/mol. The molecular formula is C35H43Cl2F3N4O5. The minimum atomic E-state index is -1.27. The minimum absolute atomic E-state index is 0.0352. The predicted molar refractivity (Wildman–Crippen MR) is 178 cm³/mol. The van der Waals surface area contributed by atoms with Crippen LogP contribution in [0.4, 0.5) is 13.2 Å². The van der Waals surface area contributed by atoms with E-state index in [4.69, 9.17) is 32.7 Å². The number of nitrogens with one attached hydrogen (secondary N) is 4. The van der Waals surface area contributed by atoms with E-state index in [0.29, 0.717) is 37.5 Å². The Labute approximate surface area is 294 Å². The van der Waals surface area contributed by atoms with Crippen molar-refractivity contribution in [1.82, 2.24) is 21.3 Å². The van der Waals surface area contributed by atoms with Gasteiger partial charge in [-0.3, -0.25) is 28.5 Å². The zero-order chi connectivity index (χ0) is 35.0. The van der Waals surface area contributed by atoms with Crippen molar-refractivity contribution in [2.24, 2.45) is 16.7 Å². The van der Waals surface area contributed by atoms with Gasteiger partial charge in [-0.2, -0.15) is 0 Å². The maximum atomic E-state index is 16.1. The highest BCUT2D eigenvalue weighted by molar-refractivity contribution is 6.31. The van der Waals surface area contributed by atoms with Gasteiger partial charge in [-0.05, 0) is 62.3 Å². The number of carbonyl (C=O) groups is 3. The number of benzene rings is 1. The van der Waals surface area contributed by atoms with E-state index in [1.807, 2.05) is 13.0 Å². The largest absolute Gasteiger partial charge is 0.381 e. The second-order valence-corrected chi connectivity index (χ2v) is 15.3. The molecule has 0 bridgehead atoms. The van der Waals surface area contributed by atoms with Crippen molar-refractivity contribution in [3.63, 3.8) is 0 Å². The van der Waals surface area contributed by atoms with Crippen molar-refractivity contribution in [2.75, 3.05) is 33.2 Å². The third-order valence-electron chi connectivity index (χ3n) is 11.6. The summed E-state index contributed by atoms with van der Waals surface area (Å²) in [5.41, 5.74) is -3.25. The summed E-state index contributed by atoms with van der Waals surface area (Å²) in [7, 11) is 0. The van der Waals surface area contributed by atoms with Crippen LogP contribution in [0, 0.1) is 22.6 Å². The van der Waals surface area contributed by atoms with Crippen LogP contribution in [0.2, 0.25) is 5.02 Å². The number of carbonyl (C=O) groups excluding carboxylic acids is 3. The molecule has 4 fully saturated rings. The summed E-state index contributed by atoms with van der Waals surface area (Å²) in [4.78, 5) is 39.0. The molecule has 268 valence electrons. The molecule has 2 unspecified atom stereocenters. The lowest BCUT2D eigenvalue weighted by Gasteiger charge is -2.62. The first-order valence-electron chi connectivity index (χ1n) is 16.9. The lowest BCUT2D eigenvalue weighted by atomic mass is 9.44. The summed E-state index contributed by atoms with van der Waals surface area (Å²) in [6.07, 6.45) is 7.47. The molecule has 1 aromatic carbocycles. The van der Waals surface area contributed by atoms with Crippen LogP contribution >= 0.6 is 23.2 Å². The van der Waals surface area contributed by atoms with Gasteiger partial charge in [0.2, 0.25) is 18.2 Å². The Morgan fingerprint density at radius 2 is 1.76 bits per heavy atom. The molecule has 7 atom stereocenters. The van der Waals surface area contributed by atoms with Crippen LogP contribution in [0.1, 0.15) is 56.9 Å². The first kappa shape index (κ1) is 36.2. The highest BCUT2D eigenvalue weighted by Crippen LogP contribution is 2.68. The third kappa shape index (κ3) is 6.64. The molecule has 0 radical (unpaired) electrons. The summed E-state index contributed by atoms with van der Waals surface area (Å²) >= 11 is 12.7. The number of rotatable bonds is 10. The Bertz CT molecular complexity index is 1470. The van der Waals surface area contributed by atoms with E-state index in [1.165, 1.54) is 6.07 Å². The molecule has 0 aromatic heterocycles. The normalized spacial score (nSPS) is 33.7. The fraction of sp³-hybridized carbons (Fsp3) is 0.629. The van der Waals surface area contributed by atoms with E-state index < -0.39 is 77.5 Å². The maximum Gasteiger partial charge on any atom is 0.249 e. The molecule has 3 heterocycles. The topological polar surface area (TPSA) is 118 Å². The predicted octanol–water partition coefficient (Wildman–Crippen LogP) is 4.38. The minimum Gasteiger partial charge on any atom is -0.381 e. The molecule has 6 rings (SSSR count). The molecule has 3 saturated heterocycles. The Morgan fingerprint density at radius 3 is 2.41 bits per heavy atom. The van der Waals surface area contributed by atoms with Gasteiger partial charge in [0, 0.05) is 52.5 Å². The highest BCUT2D eigenvalue weighted by Gasteiger charge is 2.73. The summed E-state index contributed by atoms with van der Waals surface area (Å²) < 4.78 is 56.2. The molecule has 14 heteroatoms. The number of amides is 3. The highest BCUT2D eigenvalue weighted by atomic mass is 35.5. The third-order valence-corrected chi connectivity index (χ3v) is 12.1. The fourth-order valence-corrected chi connectivity index (χ4v) is 9.46. The van der Waals surface area contributed by atoms with Gasteiger partial charge >= 0.3 is 0 Å². The van der Waals surface area contributed by atoms with Gasteiger partial charge in [-0.15, -0.1) is 0 Å².